The molecule has 0 heterocycles. The van der Waals surface area contributed by atoms with E-state index in [0.717, 1.165) is 0 Å². The first-order chi connectivity index (χ1) is 7.33. The van der Waals surface area contributed by atoms with Gasteiger partial charge in [0.15, 0.2) is 6.10 Å². The average Bonchev–Trinajstić information content (AvgIpc) is 2.25. The van der Waals surface area contributed by atoms with Gasteiger partial charge in [-0.05, 0) is 6.92 Å². The molecule has 0 aromatic carbocycles. The molecule has 0 aliphatic carbocycles. The van der Waals surface area contributed by atoms with Crippen LogP contribution in [-0.4, -0.2) is 74.2 Å². The van der Waals surface area contributed by atoms with Gasteiger partial charge in [0.1, 0.15) is 18.3 Å². The molecular weight excluding hydrogens is 222 g/mol. The fourth-order valence-corrected chi connectivity index (χ4v) is 0.691. The highest BCUT2D eigenvalue weighted by Gasteiger charge is 2.32. The van der Waals surface area contributed by atoms with Gasteiger partial charge in [0.2, 0.25) is 5.91 Å². The minimum Gasteiger partial charge on any atom is -0.397 e. The molecule has 0 saturated heterocycles. The Morgan fingerprint density at radius 1 is 1.12 bits per heavy atom. The van der Waals surface area contributed by atoms with E-state index < -0.39 is 36.9 Å². The lowest BCUT2D eigenvalue weighted by Gasteiger charge is -2.23. The van der Waals surface area contributed by atoms with Crippen LogP contribution in [0.3, 0.4) is 0 Å². The van der Waals surface area contributed by atoms with Gasteiger partial charge in [0.25, 0.3) is 0 Å². The number of rotatable bonds is 5. The van der Waals surface area contributed by atoms with Crippen molar-refractivity contribution in [2.45, 2.75) is 31.3 Å². The predicted octanol–water partition coefficient (Wildman–Crippen LogP) is -4.09. The molecule has 0 aliphatic heterocycles. The quantitative estimate of drug-likeness (QED) is 0.257. The van der Waals surface area contributed by atoms with E-state index >= 15 is 0 Å². The number of carbonyl (C=O) groups is 1. The van der Waals surface area contributed by atoms with Gasteiger partial charge >= 0.3 is 0 Å². The fourth-order valence-electron chi connectivity index (χ4n) is 0.691. The van der Waals surface area contributed by atoms with E-state index in [9.17, 15) is 4.79 Å². The minimum absolute atomic E-state index is 0.250. The maximum Gasteiger partial charge on any atom is 0.249 e. The summed E-state index contributed by atoms with van der Waals surface area (Å²) in [6, 6.07) is 0. The Labute approximate surface area is 92.6 Å². The van der Waals surface area contributed by atoms with Crippen molar-refractivity contribution in [2.75, 3.05) is 13.2 Å². The molecule has 0 fully saturated rings. The summed E-state index contributed by atoms with van der Waals surface area (Å²) >= 11 is 0. The molecule has 0 bridgehead atoms. The molecule has 8 nitrogen and oxygen atoms in total. The van der Waals surface area contributed by atoms with Crippen LogP contribution in [0.25, 0.3) is 0 Å². The first kappa shape index (κ1) is 17.6. The highest BCUT2D eigenvalue weighted by molar-refractivity contribution is 5.79. The number of primary amides is 1. The van der Waals surface area contributed by atoms with E-state index in [4.69, 9.17) is 30.6 Å². The Hall–Kier alpha value is -0.770. The topological polar surface area (TPSA) is 164 Å². The third kappa shape index (κ3) is 6.67. The van der Waals surface area contributed by atoms with Gasteiger partial charge in [-0.25, -0.2) is 0 Å². The number of nitrogens with two attached hydrogens (primary N) is 1. The molecule has 4 atom stereocenters. The molecule has 0 saturated carbocycles. The van der Waals surface area contributed by atoms with Crippen LogP contribution in [-0.2, 0) is 4.79 Å². The molecule has 16 heavy (non-hydrogen) atoms. The van der Waals surface area contributed by atoms with E-state index in [0.29, 0.717) is 0 Å². The number of aliphatic hydroxyl groups is 6. The van der Waals surface area contributed by atoms with Gasteiger partial charge in [0.05, 0.1) is 6.61 Å². The van der Waals surface area contributed by atoms with E-state index in [1.807, 2.05) is 0 Å². The van der Waals surface area contributed by atoms with Crippen molar-refractivity contribution in [1.82, 2.24) is 0 Å². The number of aliphatic hydroxyl groups excluding tert-OH is 6. The summed E-state index contributed by atoms with van der Waals surface area (Å²) < 4.78 is 0. The molecular formula is C8H19NO7. The fraction of sp³-hybridized carbons (Fsp3) is 0.875. The summed E-state index contributed by atoms with van der Waals surface area (Å²) in [5.74, 6) is -1.23. The molecule has 8 N–H and O–H groups in total. The summed E-state index contributed by atoms with van der Waals surface area (Å²) in [4.78, 5) is 10.3. The van der Waals surface area contributed by atoms with Crippen LogP contribution < -0.4 is 5.73 Å². The van der Waals surface area contributed by atoms with Crippen molar-refractivity contribution >= 4 is 5.91 Å². The molecule has 8 heteroatoms. The van der Waals surface area contributed by atoms with Gasteiger partial charge in [-0.15, -0.1) is 0 Å². The second-order valence-corrected chi connectivity index (χ2v) is 2.89. The van der Waals surface area contributed by atoms with Crippen molar-refractivity contribution in [3.8, 4) is 0 Å². The van der Waals surface area contributed by atoms with Crippen molar-refractivity contribution < 1.29 is 35.4 Å². The van der Waals surface area contributed by atoms with Crippen molar-refractivity contribution in [3.63, 3.8) is 0 Å². The van der Waals surface area contributed by atoms with Gasteiger partial charge in [-0.2, -0.15) is 0 Å². The SMILES string of the molecule is CCO.NC(=O)[C@H](O)[C@@H](O)[C@H](O)[C@H](O)CO. The summed E-state index contributed by atoms with van der Waals surface area (Å²) in [5, 5.41) is 51.5. The first-order valence-corrected chi connectivity index (χ1v) is 4.56. The Bertz CT molecular complexity index is 189. The largest absolute Gasteiger partial charge is 0.397 e. The third-order valence-corrected chi connectivity index (χ3v) is 1.55. The highest BCUT2D eigenvalue weighted by atomic mass is 16.4. The van der Waals surface area contributed by atoms with Crippen LogP contribution >= 0.6 is 0 Å². The minimum atomic E-state index is -1.98. The lowest BCUT2D eigenvalue weighted by Crippen LogP contribution is -2.50. The normalized spacial score (nSPS) is 17.7. The zero-order valence-corrected chi connectivity index (χ0v) is 8.89. The Morgan fingerprint density at radius 3 is 1.75 bits per heavy atom. The van der Waals surface area contributed by atoms with E-state index in [1.165, 1.54) is 0 Å². The Kier molecular flexibility index (Phi) is 10.4. The Morgan fingerprint density at radius 2 is 1.50 bits per heavy atom. The number of hydrogen-bond acceptors (Lipinski definition) is 7. The second-order valence-electron chi connectivity index (χ2n) is 2.89. The molecule has 0 aromatic rings. The molecule has 0 aromatic heterocycles. The zero-order valence-electron chi connectivity index (χ0n) is 8.89. The summed E-state index contributed by atoms with van der Waals surface area (Å²) in [7, 11) is 0. The van der Waals surface area contributed by atoms with Crippen LogP contribution in [0.4, 0.5) is 0 Å². The van der Waals surface area contributed by atoms with Gasteiger partial charge in [0, 0.05) is 6.61 Å². The van der Waals surface area contributed by atoms with E-state index in [-0.39, 0.29) is 6.61 Å². The number of amides is 1. The zero-order chi connectivity index (χ0) is 13.3. The summed E-state index contributed by atoms with van der Waals surface area (Å²) in [5.41, 5.74) is 4.61. The molecule has 0 aliphatic rings. The molecule has 0 spiro atoms. The molecule has 98 valence electrons. The smallest absolute Gasteiger partial charge is 0.249 e. The number of carbonyl (C=O) groups excluding carboxylic acids is 1. The standard InChI is InChI=1S/C6H13NO6.C2H6O/c7-6(13)5(12)4(11)3(10)2(9)1-8;1-2-3/h2-5,8-12H,1H2,(H2,7,13);3H,2H2,1H3/t2-,3-,4+,5-;/m1./s1. The maximum absolute atomic E-state index is 10.3. The Balaban J connectivity index is 0. The van der Waals surface area contributed by atoms with E-state index in [2.05, 4.69) is 5.73 Å². The second kappa shape index (κ2) is 9.46. The van der Waals surface area contributed by atoms with Crippen LogP contribution in [0.1, 0.15) is 6.92 Å². The van der Waals surface area contributed by atoms with Gasteiger partial charge < -0.3 is 36.4 Å². The molecule has 0 radical (unpaired) electrons. The monoisotopic (exact) mass is 241 g/mol. The van der Waals surface area contributed by atoms with Crippen LogP contribution in [0.5, 0.6) is 0 Å². The van der Waals surface area contributed by atoms with E-state index in [1.54, 1.807) is 6.92 Å². The number of hydrogen-bond donors (Lipinski definition) is 7. The molecule has 1 amide bonds. The lowest BCUT2D eigenvalue weighted by atomic mass is 10.0. The van der Waals surface area contributed by atoms with Crippen LogP contribution in [0.15, 0.2) is 0 Å². The van der Waals surface area contributed by atoms with Crippen molar-refractivity contribution in [3.05, 3.63) is 0 Å². The average molecular weight is 241 g/mol. The highest BCUT2D eigenvalue weighted by Crippen LogP contribution is 2.04. The lowest BCUT2D eigenvalue weighted by molar-refractivity contribution is -0.146. The summed E-state index contributed by atoms with van der Waals surface area (Å²) in [6.07, 6.45) is -7.35. The van der Waals surface area contributed by atoms with Crippen molar-refractivity contribution in [2.24, 2.45) is 5.73 Å². The maximum atomic E-state index is 10.3. The van der Waals surface area contributed by atoms with Crippen LogP contribution in [0.2, 0.25) is 0 Å². The molecule has 0 rings (SSSR count). The van der Waals surface area contributed by atoms with Gasteiger partial charge in [-0.3, -0.25) is 4.79 Å². The van der Waals surface area contributed by atoms with Crippen LogP contribution in [0, 0.1) is 0 Å². The first-order valence-electron chi connectivity index (χ1n) is 4.56. The molecule has 0 unspecified atom stereocenters. The predicted molar refractivity (Wildman–Crippen MR) is 53.1 cm³/mol. The summed E-state index contributed by atoms with van der Waals surface area (Å²) in [6.45, 7) is 1.13. The van der Waals surface area contributed by atoms with Gasteiger partial charge in [-0.1, -0.05) is 0 Å². The van der Waals surface area contributed by atoms with Crippen molar-refractivity contribution in [1.29, 1.82) is 0 Å². The third-order valence-electron chi connectivity index (χ3n) is 1.55.